The van der Waals surface area contributed by atoms with E-state index in [2.05, 4.69) is 5.32 Å². The van der Waals surface area contributed by atoms with Crippen molar-refractivity contribution in [1.82, 2.24) is 9.80 Å². The molecule has 74 valence electrons. The fourth-order valence-corrected chi connectivity index (χ4v) is 1.87. The van der Waals surface area contributed by atoms with E-state index >= 15 is 0 Å². The van der Waals surface area contributed by atoms with Crippen LogP contribution < -0.4 is 15.5 Å². The Balaban J connectivity index is 2.42. The van der Waals surface area contributed by atoms with Crippen LogP contribution in [0.4, 0.5) is 10.5 Å². The van der Waals surface area contributed by atoms with Gasteiger partial charge in [-0.2, -0.15) is 4.48 Å². The molecule has 2 amide bonds. The fraction of sp³-hybridized carbons (Fsp3) is 0.300. The largest absolute Gasteiger partial charge is 0.420 e. The number of nitrogens with zero attached hydrogens (tertiary/aromatic N) is 1. The van der Waals surface area contributed by atoms with Crippen molar-refractivity contribution in [3.05, 3.63) is 30.3 Å². The molecule has 0 spiro atoms. The molecule has 1 heterocycles. The number of amides is 2. The minimum absolute atomic E-state index is 0.223. The summed E-state index contributed by atoms with van der Waals surface area (Å²) in [5.41, 5.74) is 6.42. The summed E-state index contributed by atoms with van der Waals surface area (Å²) in [6, 6.07) is 9.38. The fourth-order valence-electron chi connectivity index (χ4n) is 1.87. The van der Waals surface area contributed by atoms with E-state index < -0.39 is 0 Å². The van der Waals surface area contributed by atoms with Crippen molar-refractivity contribution in [1.29, 1.82) is 0 Å². The number of hydrogen-bond acceptors (Lipinski definition) is 2. The number of carbonyl (C=O) groups is 1. The van der Waals surface area contributed by atoms with Gasteiger partial charge in [0.05, 0.1) is 6.54 Å². The highest BCUT2D eigenvalue weighted by molar-refractivity contribution is 5.85. The normalized spacial score (nSPS) is 26.3. The number of para-hydroxylation sites is 1. The first kappa shape index (κ1) is 9.18. The SMILES string of the molecule is NC(=O)[N+]1(c2ccccc2)CCNC1. The molecule has 3 N–H and O–H groups in total. The van der Waals surface area contributed by atoms with E-state index in [1.807, 2.05) is 30.3 Å². The summed E-state index contributed by atoms with van der Waals surface area (Å²) in [5.74, 6) is 0. The molecule has 0 aliphatic carbocycles. The smallest absolute Gasteiger partial charge is 0.319 e. The van der Waals surface area contributed by atoms with E-state index in [9.17, 15) is 4.79 Å². The molecular weight excluding hydrogens is 178 g/mol. The molecule has 1 atom stereocenters. The van der Waals surface area contributed by atoms with Crippen LogP contribution in [-0.2, 0) is 0 Å². The Bertz CT molecular complexity index is 330. The number of nitrogens with two attached hydrogens (primary N) is 1. The summed E-state index contributed by atoms with van der Waals surface area (Å²) in [4.78, 5) is 11.5. The van der Waals surface area contributed by atoms with Crippen LogP contribution >= 0.6 is 0 Å². The summed E-state index contributed by atoms with van der Waals surface area (Å²) in [7, 11) is 0. The van der Waals surface area contributed by atoms with Gasteiger partial charge in [0.1, 0.15) is 18.9 Å². The van der Waals surface area contributed by atoms with Crippen LogP contribution in [0, 0.1) is 0 Å². The van der Waals surface area contributed by atoms with Gasteiger partial charge in [-0.25, -0.2) is 4.79 Å². The number of hydrogen-bond donors (Lipinski definition) is 2. The van der Waals surface area contributed by atoms with E-state index in [1.165, 1.54) is 0 Å². The van der Waals surface area contributed by atoms with Crippen LogP contribution in [0.1, 0.15) is 0 Å². The van der Waals surface area contributed by atoms with Crippen LogP contribution in [0.5, 0.6) is 0 Å². The second-order valence-electron chi connectivity index (χ2n) is 3.52. The van der Waals surface area contributed by atoms with Gasteiger partial charge >= 0.3 is 6.03 Å². The maximum absolute atomic E-state index is 11.5. The lowest BCUT2D eigenvalue weighted by atomic mass is 10.2. The maximum atomic E-state index is 11.5. The van der Waals surface area contributed by atoms with E-state index in [4.69, 9.17) is 5.73 Å². The van der Waals surface area contributed by atoms with Gasteiger partial charge in [-0.3, -0.25) is 5.32 Å². The Labute approximate surface area is 82.9 Å². The molecule has 1 aliphatic heterocycles. The van der Waals surface area contributed by atoms with Gasteiger partial charge in [0, 0.05) is 0 Å². The zero-order valence-electron chi connectivity index (χ0n) is 7.94. The Morgan fingerprint density at radius 2 is 2.07 bits per heavy atom. The van der Waals surface area contributed by atoms with Crippen molar-refractivity contribution in [2.75, 3.05) is 19.8 Å². The van der Waals surface area contributed by atoms with Gasteiger partial charge in [0.25, 0.3) is 0 Å². The Hall–Kier alpha value is -1.39. The monoisotopic (exact) mass is 192 g/mol. The number of urea groups is 1. The molecule has 1 aliphatic rings. The third-order valence-corrected chi connectivity index (χ3v) is 2.72. The molecule has 0 aromatic heterocycles. The topological polar surface area (TPSA) is 55.1 Å². The number of benzene rings is 1. The second kappa shape index (κ2) is 3.40. The number of quaternary nitrogens is 1. The molecule has 0 radical (unpaired) electrons. The van der Waals surface area contributed by atoms with Gasteiger partial charge in [-0.05, 0) is 12.1 Å². The third kappa shape index (κ3) is 1.29. The van der Waals surface area contributed by atoms with Crippen molar-refractivity contribution in [3.8, 4) is 0 Å². The van der Waals surface area contributed by atoms with Crippen LogP contribution in [0.15, 0.2) is 30.3 Å². The molecule has 14 heavy (non-hydrogen) atoms. The average molecular weight is 192 g/mol. The molecule has 1 unspecified atom stereocenters. The molecule has 1 saturated heterocycles. The number of primary amides is 1. The molecule has 1 fully saturated rings. The predicted molar refractivity (Wildman–Crippen MR) is 55.6 cm³/mol. The van der Waals surface area contributed by atoms with Crippen molar-refractivity contribution >= 4 is 11.7 Å². The van der Waals surface area contributed by atoms with Crippen LogP contribution in [0.2, 0.25) is 0 Å². The first-order chi connectivity index (χ1) is 6.76. The van der Waals surface area contributed by atoms with Crippen molar-refractivity contribution in [2.24, 2.45) is 5.73 Å². The first-order valence-corrected chi connectivity index (χ1v) is 4.69. The van der Waals surface area contributed by atoms with Gasteiger partial charge in [0.2, 0.25) is 0 Å². The number of carbonyl (C=O) groups excluding carboxylic acids is 1. The average Bonchev–Trinajstić information content (AvgIpc) is 2.69. The highest BCUT2D eigenvalue weighted by Crippen LogP contribution is 2.23. The predicted octanol–water partition coefficient (Wildman–Crippen LogP) is 0.633. The van der Waals surface area contributed by atoms with E-state index in [0.717, 1.165) is 18.8 Å². The molecule has 4 heteroatoms. The van der Waals surface area contributed by atoms with Crippen LogP contribution in [0.3, 0.4) is 0 Å². The Kier molecular flexibility index (Phi) is 2.23. The summed E-state index contributed by atoms with van der Waals surface area (Å²) in [6.45, 7) is 2.16. The van der Waals surface area contributed by atoms with E-state index in [1.54, 1.807) is 0 Å². The lowest BCUT2D eigenvalue weighted by Crippen LogP contribution is -2.56. The standard InChI is InChI=1S/C10H13N3O/c11-10(14)13(7-6-12-8-13)9-4-2-1-3-5-9/h1-5,12H,6-8H2,(H-,11,14)/p+1. The lowest BCUT2D eigenvalue weighted by Gasteiger charge is -2.27. The minimum atomic E-state index is -0.291. The molecule has 0 saturated carbocycles. The molecule has 2 rings (SSSR count). The van der Waals surface area contributed by atoms with Crippen molar-refractivity contribution in [3.63, 3.8) is 0 Å². The Morgan fingerprint density at radius 1 is 1.36 bits per heavy atom. The maximum Gasteiger partial charge on any atom is 0.420 e. The summed E-state index contributed by atoms with van der Waals surface area (Å²) in [5, 5.41) is 3.16. The molecular formula is C10H14N3O+. The van der Waals surface area contributed by atoms with Gasteiger partial charge in [0.15, 0.2) is 0 Å². The number of nitrogens with one attached hydrogen (secondary N) is 1. The molecule has 4 nitrogen and oxygen atoms in total. The van der Waals surface area contributed by atoms with Gasteiger partial charge in [-0.1, -0.05) is 18.2 Å². The molecule has 1 aromatic rings. The lowest BCUT2D eigenvalue weighted by molar-refractivity contribution is 0.218. The highest BCUT2D eigenvalue weighted by Gasteiger charge is 2.40. The van der Waals surface area contributed by atoms with Gasteiger partial charge in [-0.15, -0.1) is 0 Å². The summed E-state index contributed by atoms with van der Waals surface area (Å²) in [6.07, 6.45) is 0. The van der Waals surface area contributed by atoms with E-state index in [-0.39, 0.29) is 10.5 Å². The van der Waals surface area contributed by atoms with Gasteiger partial charge < -0.3 is 5.73 Å². The van der Waals surface area contributed by atoms with Crippen molar-refractivity contribution in [2.45, 2.75) is 0 Å². The quantitative estimate of drug-likeness (QED) is 0.641. The Morgan fingerprint density at radius 3 is 2.57 bits per heavy atom. The zero-order chi connectivity index (χ0) is 10.0. The van der Waals surface area contributed by atoms with Crippen molar-refractivity contribution < 1.29 is 4.79 Å². The first-order valence-electron chi connectivity index (χ1n) is 4.69. The van der Waals surface area contributed by atoms with E-state index in [0.29, 0.717) is 6.67 Å². The zero-order valence-corrected chi connectivity index (χ0v) is 7.94. The summed E-state index contributed by atoms with van der Waals surface area (Å²) < 4.78 is 0.223. The number of rotatable bonds is 1. The summed E-state index contributed by atoms with van der Waals surface area (Å²) >= 11 is 0. The molecule has 1 aromatic carbocycles. The second-order valence-corrected chi connectivity index (χ2v) is 3.52. The van der Waals surface area contributed by atoms with Crippen LogP contribution in [0.25, 0.3) is 0 Å². The third-order valence-electron chi connectivity index (χ3n) is 2.72. The highest BCUT2D eigenvalue weighted by atomic mass is 16.2. The van der Waals surface area contributed by atoms with Crippen LogP contribution in [-0.4, -0.2) is 25.8 Å². The minimum Gasteiger partial charge on any atom is -0.319 e. The molecule has 0 bridgehead atoms.